The molecule has 0 bridgehead atoms. The summed E-state index contributed by atoms with van der Waals surface area (Å²) < 4.78 is 26.3. The zero-order chi connectivity index (χ0) is 25.1. The van der Waals surface area contributed by atoms with E-state index >= 15 is 4.39 Å². The lowest BCUT2D eigenvalue weighted by Gasteiger charge is -2.27. The largest absolute Gasteiger partial charge is 0.481 e. The number of hydrogen-bond acceptors (Lipinski definition) is 7. The molecule has 3 aromatic heterocycles. The van der Waals surface area contributed by atoms with Crippen LogP contribution in [0.4, 0.5) is 4.39 Å². The number of benzene rings is 1. The highest BCUT2D eigenvalue weighted by atomic mass is 19.1. The Hall–Kier alpha value is -4.08. The van der Waals surface area contributed by atoms with E-state index in [1.807, 2.05) is 6.92 Å². The van der Waals surface area contributed by atoms with Gasteiger partial charge >= 0.3 is 12.0 Å². The molecule has 1 aliphatic carbocycles. The first-order chi connectivity index (χ1) is 17.5. The second-order valence-electron chi connectivity index (χ2n) is 8.85. The lowest BCUT2D eigenvalue weighted by Crippen LogP contribution is -2.25. The highest BCUT2D eigenvalue weighted by Gasteiger charge is 2.24. The number of carbonyl (C=O) groups is 1. The molecule has 9 nitrogen and oxygen atoms in total. The highest BCUT2D eigenvalue weighted by molar-refractivity contribution is 5.77. The van der Waals surface area contributed by atoms with Crippen LogP contribution in [-0.2, 0) is 4.79 Å². The number of nitrogens with zero attached hydrogens (tertiary/aromatic N) is 4. The van der Waals surface area contributed by atoms with E-state index in [9.17, 15) is 4.79 Å². The van der Waals surface area contributed by atoms with Gasteiger partial charge in [0.15, 0.2) is 5.65 Å². The topological polar surface area (TPSA) is 123 Å². The minimum absolute atomic E-state index is 0.0273. The first-order valence-corrected chi connectivity index (χ1v) is 12.0. The molecule has 3 heterocycles. The third-order valence-corrected chi connectivity index (χ3v) is 6.33. The van der Waals surface area contributed by atoms with Gasteiger partial charge in [-0.3, -0.25) is 4.79 Å². The van der Waals surface area contributed by atoms with Crippen molar-refractivity contribution in [2.45, 2.75) is 45.1 Å². The van der Waals surface area contributed by atoms with Crippen molar-refractivity contribution in [3.8, 4) is 34.4 Å². The molecular weight excluding hydrogens is 465 g/mol. The summed E-state index contributed by atoms with van der Waals surface area (Å²) in [5.74, 6) is -0.138. The van der Waals surface area contributed by atoms with Crippen LogP contribution in [-0.4, -0.2) is 48.7 Å². The molecule has 5 rings (SSSR count). The molecular formula is C26H26FN5O4. The number of H-pyrrole nitrogens is 1. The number of aromatic nitrogens is 5. The minimum Gasteiger partial charge on any atom is -0.481 e. The van der Waals surface area contributed by atoms with Crippen LogP contribution in [0.5, 0.6) is 11.9 Å². The maximum Gasteiger partial charge on any atom is 0.316 e. The predicted molar refractivity (Wildman–Crippen MR) is 130 cm³/mol. The van der Waals surface area contributed by atoms with Gasteiger partial charge in [0.1, 0.15) is 17.7 Å². The lowest BCUT2D eigenvalue weighted by molar-refractivity contribution is -0.138. The SMILES string of the molecule is CCOc1ccc2[nH]c(-c3ccc(-c4cnc(OC5CCC(CC(=O)O)CC5)nc4)cc3F)nc2n1. The smallest absolute Gasteiger partial charge is 0.316 e. The molecule has 1 aliphatic rings. The van der Waals surface area contributed by atoms with E-state index in [0.29, 0.717) is 46.2 Å². The molecule has 0 aliphatic heterocycles. The number of carboxylic acid groups (broad SMARTS) is 1. The minimum atomic E-state index is -0.756. The van der Waals surface area contributed by atoms with Gasteiger partial charge in [-0.1, -0.05) is 6.07 Å². The maximum absolute atomic E-state index is 15.0. The van der Waals surface area contributed by atoms with Crippen molar-refractivity contribution < 1.29 is 23.8 Å². The van der Waals surface area contributed by atoms with Crippen LogP contribution < -0.4 is 9.47 Å². The second kappa shape index (κ2) is 10.3. The summed E-state index contributed by atoms with van der Waals surface area (Å²) in [6, 6.07) is 8.67. The van der Waals surface area contributed by atoms with Crippen molar-refractivity contribution in [2.75, 3.05) is 6.61 Å². The van der Waals surface area contributed by atoms with Gasteiger partial charge in [-0.15, -0.1) is 0 Å². The fraction of sp³-hybridized carbons (Fsp3) is 0.346. The fourth-order valence-electron chi connectivity index (χ4n) is 4.49. The van der Waals surface area contributed by atoms with E-state index in [1.54, 1.807) is 36.7 Å². The Kier molecular flexibility index (Phi) is 6.75. The highest BCUT2D eigenvalue weighted by Crippen LogP contribution is 2.30. The first-order valence-electron chi connectivity index (χ1n) is 12.0. The van der Waals surface area contributed by atoms with Crippen LogP contribution in [0.3, 0.4) is 0 Å². The number of nitrogens with one attached hydrogen (secondary N) is 1. The number of fused-ring (bicyclic) bond motifs is 1. The third-order valence-electron chi connectivity index (χ3n) is 6.33. The van der Waals surface area contributed by atoms with Gasteiger partial charge in [0.25, 0.3) is 0 Å². The Morgan fingerprint density at radius 2 is 1.86 bits per heavy atom. The van der Waals surface area contributed by atoms with Crippen molar-refractivity contribution in [3.05, 3.63) is 48.5 Å². The second-order valence-corrected chi connectivity index (χ2v) is 8.85. The van der Waals surface area contributed by atoms with Crippen LogP contribution in [0.1, 0.15) is 39.0 Å². The van der Waals surface area contributed by atoms with E-state index < -0.39 is 11.8 Å². The number of rotatable bonds is 8. The Labute approximate surface area is 206 Å². The van der Waals surface area contributed by atoms with Gasteiger partial charge < -0.3 is 19.6 Å². The fourth-order valence-corrected chi connectivity index (χ4v) is 4.49. The molecule has 0 radical (unpaired) electrons. The van der Waals surface area contributed by atoms with Crippen molar-refractivity contribution in [1.82, 2.24) is 24.9 Å². The Balaban J connectivity index is 1.26. The molecule has 36 heavy (non-hydrogen) atoms. The van der Waals surface area contributed by atoms with Gasteiger partial charge in [-0.05, 0) is 62.3 Å². The molecule has 4 aromatic rings. The monoisotopic (exact) mass is 491 g/mol. The molecule has 1 fully saturated rings. The number of carboxylic acids is 1. The molecule has 0 saturated heterocycles. The molecule has 0 unspecified atom stereocenters. The zero-order valence-corrected chi connectivity index (χ0v) is 19.8. The number of aromatic amines is 1. The number of imidazole rings is 1. The van der Waals surface area contributed by atoms with Crippen molar-refractivity contribution in [1.29, 1.82) is 0 Å². The van der Waals surface area contributed by atoms with Gasteiger partial charge in [-0.2, -0.15) is 4.98 Å². The quantitative estimate of drug-likeness (QED) is 0.352. The average molecular weight is 492 g/mol. The Morgan fingerprint density at radius 1 is 1.08 bits per heavy atom. The number of ether oxygens (including phenoxy) is 2. The van der Waals surface area contributed by atoms with E-state index in [0.717, 1.165) is 25.7 Å². The Morgan fingerprint density at radius 3 is 2.56 bits per heavy atom. The lowest BCUT2D eigenvalue weighted by atomic mass is 9.85. The Bertz CT molecular complexity index is 1370. The molecule has 10 heteroatoms. The van der Waals surface area contributed by atoms with Gasteiger partial charge in [-0.25, -0.2) is 19.3 Å². The van der Waals surface area contributed by atoms with E-state index in [1.165, 1.54) is 6.07 Å². The number of pyridine rings is 1. The van der Waals surface area contributed by atoms with E-state index in [4.69, 9.17) is 14.6 Å². The molecule has 0 spiro atoms. The van der Waals surface area contributed by atoms with Gasteiger partial charge in [0.2, 0.25) is 5.88 Å². The van der Waals surface area contributed by atoms with Crippen LogP contribution in [0.2, 0.25) is 0 Å². The summed E-state index contributed by atoms with van der Waals surface area (Å²) in [5.41, 5.74) is 2.76. The molecule has 0 atom stereocenters. The van der Waals surface area contributed by atoms with Crippen molar-refractivity contribution >= 4 is 17.1 Å². The van der Waals surface area contributed by atoms with Crippen molar-refractivity contribution in [3.63, 3.8) is 0 Å². The van der Waals surface area contributed by atoms with Crippen LogP contribution in [0, 0.1) is 11.7 Å². The number of halogens is 1. The normalized spacial score (nSPS) is 17.7. The standard InChI is InChI=1S/C26H26FN5O4/c1-2-35-22-10-9-21-25(31-22)32-24(30-21)19-8-5-16(12-20(19)27)17-13-28-26(29-14-17)36-18-6-3-15(4-7-18)11-23(33)34/h5,8-10,12-15,18H,2-4,6-7,11H2,1H3,(H,33,34)(H,30,31,32). The molecule has 1 aromatic carbocycles. The molecule has 2 N–H and O–H groups in total. The third kappa shape index (κ3) is 5.27. The zero-order valence-electron chi connectivity index (χ0n) is 19.8. The summed E-state index contributed by atoms with van der Waals surface area (Å²) >= 11 is 0. The molecule has 186 valence electrons. The van der Waals surface area contributed by atoms with Crippen LogP contribution >= 0.6 is 0 Å². The first kappa shape index (κ1) is 23.7. The molecule has 1 saturated carbocycles. The van der Waals surface area contributed by atoms with Crippen molar-refractivity contribution in [2.24, 2.45) is 5.92 Å². The summed E-state index contributed by atoms with van der Waals surface area (Å²) in [5, 5.41) is 8.95. The summed E-state index contributed by atoms with van der Waals surface area (Å²) in [6.45, 7) is 2.37. The number of aliphatic carboxylic acids is 1. The van der Waals surface area contributed by atoms with E-state index in [-0.39, 0.29) is 24.5 Å². The summed E-state index contributed by atoms with van der Waals surface area (Å²) in [6.07, 6.45) is 6.57. The summed E-state index contributed by atoms with van der Waals surface area (Å²) in [4.78, 5) is 31.3. The van der Waals surface area contributed by atoms with Crippen LogP contribution in [0.15, 0.2) is 42.7 Å². The molecule has 0 amide bonds. The maximum atomic E-state index is 15.0. The van der Waals surface area contributed by atoms with E-state index in [2.05, 4.69) is 24.9 Å². The predicted octanol–water partition coefficient (Wildman–Crippen LogP) is 5.03. The van der Waals surface area contributed by atoms with Crippen LogP contribution in [0.25, 0.3) is 33.7 Å². The average Bonchev–Trinajstić information content (AvgIpc) is 3.29. The van der Waals surface area contributed by atoms with Gasteiger partial charge in [0, 0.05) is 30.4 Å². The van der Waals surface area contributed by atoms with Gasteiger partial charge in [0.05, 0.1) is 17.7 Å². The number of hydrogen-bond donors (Lipinski definition) is 2. The summed E-state index contributed by atoms with van der Waals surface area (Å²) in [7, 11) is 0.